The van der Waals surface area contributed by atoms with E-state index in [-0.39, 0.29) is 12.2 Å². The highest BCUT2D eigenvalue weighted by atomic mass is 16.5. The van der Waals surface area contributed by atoms with E-state index in [4.69, 9.17) is 4.74 Å². The summed E-state index contributed by atoms with van der Waals surface area (Å²) in [6, 6.07) is 0. The van der Waals surface area contributed by atoms with Crippen molar-refractivity contribution in [3.63, 3.8) is 0 Å². The Labute approximate surface area is 104 Å². The summed E-state index contributed by atoms with van der Waals surface area (Å²) in [6.07, 6.45) is 0.891. The fraction of sp³-hybridized carbons (Fsp3) is 0.833. The number of nitrogens with zero attached hydrogens (tertiary/aromatic N) is 2. The number of carbonyl (C=O) groups is 2. The van der Waals surface area contributed by atoms with Gasteiger partial charge in [0.15, 0.2) is 5.78 Å². The normalized spacial score (nSPS) is 10.9. The van der Waals surface area contributed by atoms with Crippen LogP contribution in [0.3, 0.4) is 0 Å². The van der Waals surface area contributed by atoms with Crippen LogP contribution in [0.5, 0.6) is 0 Å². The van der Waals surface area contributed by atoms with Crippen LogP contribution in [0.4, 0.5) is 0 Å². The van der Waals surface area contributed by atoms with Crippen LogP contribution in [0.25, 0.3) is 0 Å². The first kappa shape index (κ1) is 16.1. The monoisotopic (exact) mass is 244 g/mol. The summed E-state index contributed by atoms with van der Waals surface area (Å²) in [5.41, 5.74) is 0. The Kier molecular flexibility index (Phi) is 8.62. The molecule has 0 saturated heterocycles. The minimum absolute atomic E-state index is 0.0872. The molecule has 0 aliphatic carbocycles. The van der Waals surface area contributed by atoms with Gasteiger partial charge in [-0.25, -0.2) is 0 Å². The summed E-state index contributed by atoms with van der Waals surface area (Å²) in [7, 11) is 5.93. The van der Waals surface area contributed by atoms with Crippen molar-refractivity contribution in [1.29, 1.82) is 0 Å². The Hall–Kier alpha value is -0.940. The molecule has 0 aliphatic heterocycles. The van der Waals surface area contributed by atoms with Crippen molar-refractivity contribution in [3.05, 3.63) is 0 Å². The Morgan fingerprint density at radius 2 is 1.76 bits per heavy atom. The van der Waals surface area contributed by atoms with Gasteiger partial charge < -0.3 is 9.64 Å². The maximum absolute atomic E-state index is 11.5. The maximum Gasteiger partial charge on any atom is 0.313 e. The minimum Gasteiger partial charge on any atom is -0.466 e. The Morgan fingerprint density at radius 1 is 1.12 bits per heavy atom. The maximum atomic E-state index is 11.5. The largest absolute Gasteiger partial charge is 0.466 e. The van der Waals surface area contributed by atoms with Crippen LogP contribution >= 0.6 is 0 Å². The highest BCUT2D eigenvalue weighted by Crippen LogP contribution is 1.94. The molecule has 0 aromatic heterocycles. The molecule has 0 fully saturated rings. The zero-order valence-electron chi connectivity index (χ0n) is 11.4. The molecule has 0 spiro atoms. The Morgan fingerprint density at radius 3 is 2.29 bits per heavy atom. The number of carbonyl (C=O) groups excluding carboxylic acids is 2. The van der Waals surface area contributed by atoms with Gasteiger partial charge in [-0.15, -0.1) is 0 Å². The Balaban J connectivity index is 3.69. The topological polar surface area (TPSA) is 49.9 Å². The van der Waals surface area contributed by atoms with Crippen molar-refractivity contribution in [2.24, 2.45) is 0 Å². The molecule has 0 radical (unpaired) electrons. The van der Waals surface area contributed by atoms with Crippen molar-refractivity contribution in [3.8, 4) is 0 Å². The van der Waals surface area contributed by atoms with Gasteiger partial charge in [0.05, 0.1) is 13.2 Å². The molecule has 0 amide bonds. The lowest BCUT2D eigenvalue weighted by atomic mass is 10.2. The predicted molar refractivity (Wildman–Crippen MR) is 66.9 cm³/mol. The molecule has 0 saturated carbocycles. The van der Waals surface area contributed by atoms with E-state index in [0.717, 1.165) is 19.5 Å². The van der Waals surface area contributed by atoms with Gasteiger partial charge in [-0.2, -0.15) is 0 Å². The summed E-state index contributed by atoms with van der Waals surface area (Å²) in [6.45, 7) is 4.22. The molecular weight excluding hydrogens is 220 g/mol. The SMILES string of the molecule is CCOC(=O)CC(=O)CN(C)CCCN(C)C. The fourth-order valence-corrected chi connectivity index (χ4v) is 1.47. The molecule has 5 nitrogen and oxygen atoms in total. The van der Waals surface area contributed by atoms with Gasteiger partial charge in [0.25, 0.3) is 0 Å². The molecule has 0 heterocycles. The summed E-state index contributed by atoms with van der Waals surface area (Å²) in [4.78, 5) is 26.6. The second-order valence-corrected chi connectivity index (χ2v) is 4.42. The lowest BCUT2D eigenvalue weighted by Gasteiger charge is -2.17. The van der Waals surface area contributed by atoms with Gasteiger partial charge in [0.2, 0.25) is 0 Å². The van der Waals surface area contributed by atoms with Crippen LogP contribution in [0, 0.1) is 0 Å². The van der Waals surface area contributed by atoms with Gasteiger partial charge in [-0.1, -0.05) is 0 Å². The summed E-state index contributed by atoms with van der Waals surface area (Å²) >= 11 is 0. The minimum atomic E-state index is -0.431. The quantitative estimate of drug-likeness (QED) is 0.434. The molecule has 17 heavy (non-hydrogen) atoms. The number of ketones is 1. The molecule has 0 rings (SSSR count). The summed E-state index contributed by atoms with van der Waals surface area (Å²) in [5.74, 6) is -0.519. The van der Waals surface area contributed by atoms with E-state index in [9.17, 15) is 9.59 Å². The molecule has 100 valence electrons. The van der Waals surface area contributed by atoms with E-state index in [1.807, 2.05) is 26.0 Å². The van der Waals surface area contributed by atoms with Crippen LogP contribution in [0.15, 0.2) is 0 Å². The van der Waals surface area contributed by atoms with E-state index in [2.05, 4.69) is 4.90 Å². The zero-order valence-corrected chi connectivity index (χ0v) is 11.4. The number of likely N-dealkylation sites (N-methyl/N-ethyl adjacent to an activating group) is 1. The molecule has 0 aromatic rings. The van der Waals surface area contributed by atoms with E-state index in [1.165, 1.54) is 0 Å². The number of Topliss-reactive ketones (excluding diaryl/α,β-unsaturated/α-hetero) is 1. The molecular formula is C12H24N2O3. The standard InChI is InChI=1S/C12H24N2O3/c1-5-17-12(16)9-11(15)10-14(4)8-6-7-13(2)3/h5-10H2,1-4H3. The second-order valence-electron chi connectivity index (χ2n) is 4.42. The average Bonchev–Trinajstić information content (AvgIpc) is 2.16. The number of hydrogen-bond acceptors (Lipinski definition) is 5. The third-order valence-electron chi connectivity index (χ3n) is 2.24. The van der Waals surface area contributed by atoms with Gasteiger partial charge in [-0.3, -0.25) is 14.5 Å². The third-order valence-corrected chi connectivity index (χ3v) is 2.24. The smallest absolute Gasteiger partial charge is 0.313 e. The van der Waals surface area contributed by atoms with Gasteiger partial charge >= 0.3 is 5.97 Å². The molecule has 0 N–H and O–H groups in total. The van der Waals surface area contributed by atoms with E-state index in [1.54, 1.807) is 6.92 Å². The summed E-state index contributed by atoms with van der Waals surface area (Å²) in [5, 5.41) is 0. The van der Waals surface area contributed by atoms with Crippen LogP contribution in [0.1, 0.15) is 19.8 Å². The number of rotatable bonds is 9. The van der Waals surface area contributed by atoms with Gasteiger partial charge in [0, 0.05) is 0 Å². The number of ether oxygens (including phenoxy) is 1. The van der Waals surface area contributed by atoms with Gasteiger partial charge in [0.1, 0.15) is 6.42 Å². The molecule has 0 aromatic carbocycles. The summed E-state index contributed by atoms with van der Waals surface area (Å²) < 4.78 is 4.72. The van der Waals surface area contributed by atoms with Gasteiger partial charge in [-0.05, 0) is 47.6 Å². The lowest BCUT2D eigenvalue weighted by molar-refractivity contribution is -0.145. The number of hydrogen-bond donors (Lipinski definition) is 0. The molecule has 0 aliphatic rings. The fourth-order valence-electron chi connectivity index (χ4n) is 1.47. The number of esters is 1. The van der Waals surface area contributed by atoms with E-state index in [0.29, 0.717) is 13.2 Å². The van der Waals surface area contributed by atoms with E-state index >= 15 is 0 Å². The van der Waals surface area contributed by atoms with Crippen molar-refractivity contribution in [1.82, 2.24) is 9.80 Å². The molecule has 0 bridgehead atoms. The average molecular weight is 244 g/mol. The predicted octanol–water partition coefficient (Wildman–Crippen LogP) is 0.392. The third kappa shape index (κ3) is 9.96. The highest BCUT2D eigenvalue weighted by molar-refractivity contribution is 5.96. The van der Waals surface area contributed by atoms with E-state index < -0.39 is 5.97 Å². The molecule has 5 heteroatoms. The van der Waals surface area contributed by atoms with Crippen molar-refractivity contribution in [2.45, 2.75) is 19.8 Å². The highest BCUT2D eigenvalue weighted by Gasteiger charge is 2.12. The first-order chi connectivity index (χ1) is 7.95. The van der Waals surface area contributed by atoms with Crippen molar-refractivity contribution < 1.29 is 14.3 Å². The molecule has 0 atom stereocenters. The van der Waals surface area contributed by atoms with Crippen molar-refractivity contribution in [2.75, 3.05) is 47.4 Å². The first-order valence-corrected chi connectivity index (χ1v) is 5.96. The van der Waals surface area contributed by atoms with Crippen LogP contribution in [-0.4, -0.2) is 68.9 Å². The van der Waals surface area contributed by atoms with Crippen LogP contribution in [-0.2, 0) is 14.3 Å². The zero-order chi connectivity index (χ0) is 13.3. The Bertz CT molecular complexity index is 242. The van der Waals surface area contributed by atoms with Crippen molar-refractivity contribution >= 4 is 11.8 Å². The first-order valence-electron chi connectivity index (χ1n) is 5.96. The van der Waals surface area contributed by atoms with Crippen LogP contribution in [0.2, 0.25) is 0 Å². The second kappa shape index (κ2) is 9.13. The van der Waals surface area contributed by atoms with Crippen LogP contribution < -0.4 is 0 Å². The lowest BCUT2D eigenvalue weighted by Crippen LogP contribution is -2.30. The molecule has 0 unspecified atom stereocenters.